The Bertz CT molecular complexity index is 444. The second-order valence-electron chi connectivity index (χ2n) is 3.44. The van der Waals surface area contributed by atoms with Crippen molar-refractivity contribution in [2.75, 3.05) is 7.05 Å². The summed E-state index contributed by atoms with van der Waals surface area (Å²) in [4.78, 5) is 13.9. The van der Waals surface area contributed by atoms with Gasteiger partial charge in [0.15, 0.2) is 0 Å². The summed E-state index contributed by atoms with van der Waals surface area (Å²) in [7, 11) is 1.59. The third-order valence-electron chi connectivity index (χ3n) is 2.43. The van der Waals surface area contributed by atoms with Gasteiger partial charge < -0.3 is 15.4 Å². The van der Waals surface area contributed by atoms with E-state index in [9.17, 15) is 10.1 Å². The number of nitro groups is 1. The number of likely N-dealkylation sites (N-methyl/N-ethyl adjacent to an activating group) is 1. The quantitative estimate of drug-likeness (QED) is 0.483. The molecule has 0 saturated carbocycles. The molecule has 17 heavy (non-hydrogen) atoms. The Kier molecular flexibility index (Phi) is 4.28. The molecule has 92 valence electrons. The summed E-state index contributed by atoms with van der Waals surface area (Å²) < 4.78 is 0. The smallest absolute Gasteiger partial charge is 0.333 e. The number of nitrogens with two attached hydrogens (primary N) is 1. The van der Waals surface area contributed by atoms with Crippen LogP contribution >= 0.6 is 11.6 Å². The highest BCUT2D eigenvalue weighted by atomic mass is 35.5. The predicted octanol–water partition coefficient (Wildman–Crippen LogP) is 1.46. The van der Waals surface area contributed by atoms with E-state index in [4.69, 9.17) is 17.3 Å². The minimum absolute atomic E-state index is 0.254. The van der Waals surface area contributed by atoms with Crippen molar-refractivity contribution < 1.29 is 4.92 Å². The van der Waals surface area contributed by atoms with Gasteiger partial charge >= 0.3 is 5.82 Å². The molecule has 1 aromatic heterocycles. The van der Waals surface area contributed by atoms with E-state index in [0.29, 0.717) is 10.9 Å². The number of halogens is 1. The van der Waals surface area contributed by atoms with Crippen molar-refractivity contribution in [2.45, 2.75) is 12.8 Å². The minimum Gasteiger partial charge on any atom is -0.384 e. The molecule has 0 radical (unpaired) electrons. The van der Waals surface area contributed by atoms with Crippen LogP contribution in [0, 0.1) is 10.1 Å². The summed E-state index contributed by atoms with van der Waals surface area (Å²) in [5, 5.41) is 13.8. The second-order valence-corrected chi connectivity index (χ2v) is 3.83. The van der Waals surface area contributed by atoms with Crippen LogP contribution in [0.25, 0.3) is 0 Å². The average Bonchev–Trinajstić information content (AvgIpc) is 2.30. The summed E-state index contributed by atoms with van der Waals surface area (Å²) in [6.45, 7) is 1.80. The lowest BCUT2D eigenvalue weighted by molar-refractivity contribution is -0.428. The van der Waals surface area contributed by atoms with Crippen molar-refractivity contribution in [3.63, 3.8) is 0 Å². The fraction of sp³-hybridized carbons (Fsp3) is 0.300. The highest BCUT2D eigenvalue weighted by Crippen LogP contribution is 2.23. The molecule has 0 aliphatic rings. The highest BCUT2D eigenvalue weighted by molar-refractivity contribution is 6.29. The summed E-state index contributed by atoms with van der Waals surface area (Å²) in [6, 6.07) is 3.38. The Morgan fingerprint density at radius 3 is 2.71 bits per heavy atom. The first-order valence-corrected chi connectivity index (χ1v) is 5.28. The molecule has 0 aromatic carbocycles. The van der Waals surface area contributed by atoms with Gasteiger partial charge in [0.2, 0.25) is 0 Å². The van der Waals surface area contributed by atoms with Crippen LogP contribution in [-0.2, 0) is 0 Å². The predicted molar refractivity (Wildman–Crippen MR) is 64.9 cm³/mol. The van der Waals surface area contributed by atoms with Gasteiger partial charge in [0.05, 0.1) is 0 Å². The van der Waals surface area contributed by atoms with E-state index in [2.05, 4.69) is 10.3 Å². The largest absolute Gasteiger partial charge is 0.384 e. The lowest BCUT2D eigenvalue weighted by atomic mass is 9.99. The summed E-state index contributed by atoms with van der Waals surface area (Å²) in [6.07, 6.45) is 1.57. The fourth-order valence-electron chi connectivity index (χ4n) is 1.47. The van der Waals surface area contributed by atoms with Crippen LogP contribution in [0.3, 0.4) is 0 Å². The molecule has 0 aliphatic carbocycles. The maximum Gasteiger partial charge on any atom is 0.333 e. The van der Waals surface area contributed by atoms with Gasteiger partial charge in [-0.05, 0) is 16.6 Å². The molecule has 0 spiro atoms. The SMILES string of the molecule is CNC(=C(N)[N+](=O)[O-])C(C)c1ccc(Cl)nc1. The molecule has 1 unspecified atom stereocenters. The Morgan fingerprint density at radius 2 is 2.29 bits per heavy atom. The summed E-state index contributed by atoms with van der Waals surface area (Å²) >= 11 is 5.67. The van der Waals surface area contributed by atoms with Gasteiger partial charge in [-0.25, -0.2) is 4.98 Å². The molecule has 0 fully saturated rings. The molecule has 3 N–H and O–H groups in total. The molecule has 1 heterocycles. The van der Waals surface area contributed by atoms with Crippen molar-refractivity contribution in [1.82, 2.24) is 10.3 Å². The number of hydrogen-bond donors (Lipinski definition) is 2. The van der Waals surface area contributed by atoms with Crippen molar-refractivity contribution in [1.29, 1.82) is 0 Å². The lowest BCUT2D eigenvalue weighted by Crippen LogP contribution is -2.23. The molecule has 1 atom stereocenters. The molecule has 0 bridgehead atoms. The topological polar surface area (TPSA) is 94.1 Å². The first kappa shape index (κ1) is 13.2. The minimum atomic E-state index is -0.619. The van der Waals surface area contributed by atoms with Crippen LogP contribution in [0.4, 0.5) is 0 Å². The molecule has 0 aliphatic heterocycles. The van der Waals surface area contributed by atoms with E-state index in [-0.39, 0.29) is 5.92 Å². The zero-order valence-corrected chi connectivity index (χ0v) is 10.2. The van der Waals surface area contributed by atoms with E-state index in [1.165, 1.54) is 0 Å². The second kappa shape index (κ2) is 5.49. The molecular weight excluding hydrogens is 244 g/mol. The van der Waals surface area contributed by atoms with Crippen LogP contribution in [0.15, 0.2) is 29.8 Å². The van der Waals surface area contributed by atoms with Crippen molar-refractivity contribution in [3.8, 4) is 0 Å². The number of hydrogen-bond acceptors (Lipinski definition) is 5. The number of nitrogens with one attached hydrogen (secondary N) is 1. The molecule has 6 nitrogen and oxygen atoms in total. The van der Waals surface area contributed by atoms with Crippen LogP contribution < -0.4 is 11.1 Å². The van der Waals surface area contributed by atoms with Gasteiger partial charge in [-0.1, -0.05) is 24.6 Å². The Labute approximate surface area is 104 Å². The van der Waals surface area contributed by atoms with Gasteiger partial charge in [-0.15, -0.1) is 0 Å². The molecule has 1 aromatic rings. The maximum absolute atomic E-state index is 10.6. The average molecular weight is 257 g/mol. The van der Waals surface area contributed by atoms with Gasteiger partial charge in [0.1, 0.15) is 10.9 Å². The maximum atomic E-state index is 10.6. The number of rotatable bonds is 4. The van der Waals surface area contributed by atoms with Gasteiger partial charge in [0, 0.05) is 19.2 Å². The molecule has 0 saturated heterocycles. The molecular formula is C10H13ClN4O2. The van der Waals surface area contributed by atoms with E-state index in [1.54, 1.807) is 32.3 Å². The Balaban J connectivity index is 3.10. The number of nitrogens with zero attached hydrogens (tertiary/aromatic N) is 2. The fourth-order valence-corrected chi connectivity index (χ4v) is 1.59. The van der Waals surface area contributed by atoms with E-state index < -0.39 is 10.7 Å². The van der Waals surface area contributed by atoms with E-state index >= 15 is 0 Å². The standard InChI is InChI=1S/C10H13ClN4O2/c1-6(7-3-4-8(11)14-5-7)9(13-2)10(12)15(16)17/h3-6,13H,12H2,1-2H3. The highest BCUT2D eigenvalue weighted by Gasteiger charge is 2.19. The van der Waals surface area contributed by atoms with Crippen molar-refractivity contribution in [2.24, 2.45) is 5.73 Å². The Hall–Kier alpha value is -1.82. The Morgan fingerprint density at radius 1 is 1.65 bits per heavy atom. The van der Waals surface area contributed by atoms with Crippen molar-refractivity contribution in [3.05, 3.63) is 50.7 Å². The lowest BCUT2D eigenvalue weighted by Gasteiger charge is -2.15. The van der Waals surface area contributed by atoms with Crippen LogP contribution in [-0.4, -0.2) is 17.0 Å². The van der Waals surface area contributed by atoms with Crippen LogP contribution in [0.1, 0.15) is 18.4 Å². The molecule has 7 heteroatoms. The number of aromatic nitrogens is 1. The number of allylic oxidation sites excluding steroid dienone is 1. The normalized spacial score (nSPS) is 13.8. The van der Waals surface area contributed by atoms with Gasteiger partial charge in [0.25, 0.3) is 0 Å². The number of pyridine rings is 1. The van der Waals surface area contributed by atoms with Crippen LogP contribution in [0.2, 0.25) is 5.15 Å². The van der Waals surface area contributed by atoms with E-state index in [1.807, 2.05) is 0 Å². The summed E-state index contributed by atoms with van der Waals surface area (Å²) in [5.41, 5.74) is 6.55. The third-order valence-corrected chi connectivity index (χ3v) is 2.65. The van der Waals surface area contributed by atoms with Crippen LogP contribution in [0.5, 0.6) is 0 Å². The third kappa shape index (κ3) is 3.07. The molecule has 1 rings (SSSR count). The summed E-state index contributed by atoms with van der Waals surface area (Å²) in [5.74, 6) is -0.648. The van der Waals surface area contributed by atoms with Crippen molar-refractivity contribution >= 4 is 11.6 Å². The first-order valence-electron chi connectivity index (χ1n) is 4.90. The first-order chi connectivity index (χ1) is 7.97. The van der Waals surface area contributed by atoms with Gasteiger partial charge in [-0.3, -0.25) is 5.73 Å². The zero-order chi connectivity index (χ0) is 13.0. The zero-order valence-electron chi connectivity index (χ0n) is 9.48. The van der Waals surface area contributed by atoms with Gasteiger partial charge in [-0.2, -0.15) is 0 Å². The monoisotopic (exact) mass is 256 g/mol. The van der Waals surface area contributed by atoms with E-state index in [0.717, 1.165) is 5.56 Å². The molecule has 0 amide bonds.